The standard InChI is InChI=1S/C28H28N4O6/c1-30-21(12-24(34)31(2)27(30)36)26(35)32-13-20-19-7-4-8-22-25(19)37-16-28(20,15-32)14-29-23(33)10-9-17-5-3-6-18(11-17)38-22/h3-8,11-12,20H,9-10,13-16H2,1-2H3,(H,29,33)/t20-,28+/m1/s1. The number of amides is 2. The first-order chi connectivity index (χ1) is 18.3. The van der Waals surface area contributed by atoms with Crippen LogP contribution in [-0.2, 0) is 25.3 Å². The maximum absolute atomic E-state index is 13.7. The third kappa shape index (κ3) is 3.87. The third-order valence-corrected chi connectivity index (χ3v) is 7.97. The van der Waals surface area contributed by atoms with E-state index in [1.807, 2.05) is 42.5 Å². The molecular formula is C28H28N4O6. The number of ether oxygens (including phenoxy) is 2. The Morgan fingerprint density at radius 3 is 2.68 bits per heavy atom. The quantitative estimate of drug-likeness (QED) is 0.526. The average Bonchev–Trinajstić information content (AvgIpc) is 3.32. The maximum Gasteiger partial charge on any atom is 0.331 e. The first-order valence-corrected chi connectivity index (χ1v) is 12.6. The Labute approximate surface area is 218 Å². The highest BCUT2D eigenvalue weighted by Crippen LogP contribution is 2.52. The van der Waals surface area contributed by atoms with Gasteiger partial charge >= 0.3 is 5.69 Å². The average molecular weight is 517 g/mol. The Morgan fingerprint density at radius 1 is 1.03 bits per heavy atom. The van der Waals surface area contributed by atoms with Crippen molar-refractivity contribution in [2.24, 2.45) is 19.5 Å². The number of benzene rings is 2. The van der Waals surface area contributed by atoms with Crippen molar-refractivity contribution >= 4 is 11.8 Å². The molecule has 1 fully saturated rings. The molecule has 2 atom stereocenters. The van der Waals surface area contributed by atoms with Crippen LogP contribution in [0.4, 0.5) is 0 Å². The molecule has 1 saturated heterocycles. The number of aromatic nitrogens is 2. The summed E-state index contributed by atoms with van der Waals surface area (Å²) in [7, 11) is 2.86. The molecule has 0 saturated carbocycles. The van der Waals surface area contributed by atoms with Crippen LogP contribution in [0.25, 0.3) is 0 Å². The highest BCUT2D eigenvalue weighted by Gasteiger charge is 2.53. The Morgan fingerprint density at radius 2 is 1.84 bits per heavy atom. The van der Waals surface area contributed by atoms with Gasteiger partial charge in [0.1, 0.15) is 11.4 Å². The van der Waals surface area contributed by atoms with Crippen LogP contribution in [0.15, 0.2) is 58.1 Å². The number of likely N-dealkylation sites (tertiary alicyclic amines) is 1. The summed E-state index contributed by atoms with van der Waals surface area (Å²) in [6.07, 6.45) is 0.893. The van der Waals surface area contributed by atoms with E-state index in [0.29, 0.717) is 49.7 Å². The molecule has 10 heteroatoms. The molecule has 10 nitrogen and oxygen atoms in total. The fraction of sp³-hybridized carbons (Fsp3) is 0.357. The lowest BCUT2D eigenvalue weighted by Crippen LogP contribution is -2.48. The van der Waals surface area contributed by atoms with Gasteiger partial charge in [-0.1, -0.05) is 24.3 Å². The normalized spacial score (nSPS) is 22.1. The van der Waals surface area contributed by atoms with Crippen molar-refractivity contribution in [2.75, 3.05) is 26.2 Å². The van der Waals surface area contributed by atoms with E-state index >= 15 is 0 Å². The smallest absolute Gasteiger partial charge is 0.331 e. The minimum Gasteiger partial charge on any atom is -0.489 e. The molecule has 38 heavy (non-hydrogen) atoms. The van der Waals surface area contributed by atoms with Crippen molar-refractivity contribution in [1.82, 2.24) is 19.4 Å². The molecule has 6 rings (SSSR count). The summed E-state index contributed by atoms with van der Waals surface area (Å²) >= 11 is 0. The number of nitrogens with zero attached hydrogens (tertiary/aromatic N) is 3. The summed E-state index contributed by atoms with van der Waals surface area (Å²) in [6, 6.07) is 14.6. The maximum atomic E-state index is 13.7. The van der Waals surface area contributed by atoms with Gasteiger partial charge in [-0.25, -0.2) is 4.79 Å². The number of fused-ring (bicyclic) bond motifs is 4. The summed E-state index contributed by atoms with van der Waals surface area (Å²) in [4.78, 5) is 53.0. The first kappa shape index (κ1) is 24.0. The fourth-order valence-corrected chi connectivity index (χ4v) is 5.80. The fourth-order valence-electron chi connectivity index (χ4n) is 5.80. The summed E-state index contributed by atoms with van der Waals surface area (Å²) < 4.78 is 14.7. The van der Waals surface area contributed by atoms with Crippen molar-refractivity contribution < 1.29 is 19.1 Å². The Kier molecular flexibility index (Phi) is 5.62. The summed E-state index contributed by atoms with van der Waals surface area (Å²) in [6.45, 7) is 1.22. The van der Waals surface area contributed by atoms with Gasteiger partial charge in [-0.05, 0) is 30.2 Å². The van der Waals surface area contributed by atoms with Crippen LogP contribution in [-0.4, -0.2) is 52.1 Å². The molecule has 1 N–H and O–H groups in total. The second-order valence-electron chi connectivity index (χ2n) is 10.4. The Hall–Kier alpha value is -4.34. The van der Waals surface area contributed by atoms with Crippen LogP contribution in [0, 0.1) is 5.41 Å². The second kappa shape index (κ2) is 8.90. The van der Waals surface area contributed by atoms with Crippen LogP contribution in [0.3, 0.4) is 0 Å². The van der Waals surface area contributed by atoms with Crippen molar-refractivity contribution in [3.63, 3.8) is 0 Å². The summed E-state index contributed by atoms with van der Waals surface area (Å²) in [5.74, 6) is 1.22. The third-order valence-electron chi connectivity index (χ3n) is 7.97. The van der Waals surface area contributed by atoms with E-state index < -0.39 is 22.6 Å². The SMILES string of the molecule is Cn1c(C(=O)N2C[C@@H]3c4cccc5c4OC[C@]3(CNC(=O)CCc3cccc(c3)O5)C2)cc(=O)n(C)c1=O. The van der Waals surface area contributed by atoms with Gasteiger partial charge in [0, 0.05) is 63.1 Å². The number of carbonyl (C=O) groups excluding carboxylic acids is 2. The van der Waals surface area contributed by atoms with Crippen molar-refractivity contribution in [3.05, 3.63) is 86.2 Å². The van der Waals surface area contributed by atoms with Gasteiger partial charge in [0.2, 0.25) is 5.91 Å². The molecule has 3 aliphatic rings. The minimum absolute atomic E-state index is 0.0272. The summed E-state index contributed by atoms with van der Waals surface area (Å²) in [5.41, 5.74) is 0.219. The molecule has 2 amide bonds. The zero-order chi connectivity index (χ0) is 26.6. The van der Waals surface area contributed by atoms with Gasteiger partial charge in [-0.15, -0.1) is 0 Å². The zero-order valence-electron chi connectivity index (χ0n) is 21.2. The number of rotatable bonds is 1. The molecule has 4 bridgehead atoms. The molecule has 1 aromatic heterocycles. The Bertz CT molecular complexity index is 1590. The van der Waals surface area contributed by atoms with Gasteiger partial charge in [-0.2, -0.15) is 0 Å². The molecule has 1 spiro atoms. The van der Waals surface area contributed by atoms with E-state index in [1.54, 1.807) is 4.90 Å². The number of aryl methyl sites for hydroxylation is 1. The highest BCUT2D eigenvalue weighted by atomic mass is 16.5. The molecule has 196 valence electrons. The molecule has 0 unspecified atom stereocenters. The van der Waals surface area contributed by atoms with E-state index in [4.69, 9.17) is 9.47 Å². The van der Waals surface area contributed by atoms with Crippen LogP contribution in [0.2, 0.25) is 0 Å². The lowest BCUT2D eigenvalue weighted by molar-refractivity contribution is -0.121. The minimum atomic E-state index is -0.589. The van der Waals surface area contributed by atoms with E-state index in [2.05, 4.69) is 5.32 Å². The number of hydrogen-bond donors (Lipinski definition) is 1. The van der Waals surface area contributed by atoms with Crippen LogP contribution < -0.4 is 26.0 Å². The van der Waals surface area contributed by atoms with Gasteiger partial charge in [0.25, 0.3) is 11.5 Å². The molecule has 2 aromatic carbocycles. The van der Waals surface area contributed by atoms with E-state index in [1.165, 1.54) is 24.7 Å². The van der Waals surface area contributed by atoms with Gasteiger partial charge in [0.05, 0.1) is 6.61 Å². The lowest BCUT2D eigenvalue weighted by atomic mass is 9.73. The molecule has 0 radical (unpaired) electrons. The van der Waals surface area contributed by atoms with Gasteiger partial charge < -0.3 is 19.7 Å². The Balaban J connectivity index is 1.42. The largest absolute Gasteiger partial charge is 0.489 e. The molecule has 3 aromatic rings. The van der Waals surface area contributed by atoms with Crippen molar-refractivity contribution in [3.8, 4) is 17.2 Å². The molecule has 0 aliphatic carbocycles. The number of hydrogen-bond acceptors (Lipinski definition) is 6. The van der Waals surface area contributed by atoms with E-state index in [0.717, 1.165) is 15.7 Å². The van der Waals surface area contributed by atoms with Crippen molar-refractivity contribution in [1.29, 1.82) is 0 Å². The number of nitrogens with one attached hydrogen (secondary N) is 1. The molecular weight excluding hydrogens is 488 g/mol. The topological polar surface area (TPSA) is 112 Å². The molecule has 4 heterocycles. The predicted molar refractivity (Wildman–Crippen MR) is 138 cm³/mol. The number of carbonyl (C=O) groups is 2. The van der Waals surface area contributed by atoms with Gasteiger partial charge in [0.15, 0.2) is 11.5 Å². The highest BCUT2D eigenvalue weighted by molar-refractivity contribution is 5.93. The van der Waals surface area contributed by atoms with Crippen LogP contribution in [0.1, 0.15) is 34.0 Å². The number of para-hydroxylation sites is 1. The van der Waals surface area contributed by atoms with Gasteiger partial charge in [-0.3, -0.25) is 23.5 Å². The zero-order valence-corrected chi connectivity index (χ0v) is 21.2. The van der Waals surface area contributed by atoms with Crippen LogP contribution in [0.5, 0.6) is 17.2 Å². The van der Waals surface area contributed by atoms with E-state index in [-0.39, 0.29) is 24.1 Å². The van der Waals surface area contributed by atoms with E-state index in [9.17, 15) is 19.2 Å². The lowest BCUT2D eigenvalue weighted by Gasteiger charge is -2.39. The summed E-state index contributed by atoms with van der Waals surface area (Å²) in [5, 5.41) is 3.08. The van der Waals surface area contributed by atoms with Crippen LogP contribution >= 0.6 is 0 Å². The predicted octanol–water partition coefficient (Wildman–Crippen LogP) is 1.56. The monoisotopic (exact) mass is 516 g/mol. The molecule has 3 aliphatic heterocycles. The second-order valence-corrected chi connectivity index (χ2v) is 10.4. The van der Waals surface area contributed by atoms with Crippen molar-refractivity contribution in [2.45, 2.75) is 18.8 Å². The first-order valence-electron chi connectivity index (χ1n) is 12.6.